The number of carbonyl (C=O) groups is 1. The Balaban J connectivity index is 3.08. The first-order valence-corrected chi connectivity index (χ1v) is 6.39. The van der Waals surface area contributed by atoms with Gasteiger partial charge in [0.05, 0.1) is 18.7 Å². The summed E-state index contributed by atoms with van der Waals surface area (Å²) in [5.41, 5.74) is 6.02. The smallest absolute Gasteiger partial charge is 0.311 e. The first kappa shape index (κ1) is 15.2. The molecule has 0 saturated carbocycles. The van der Waals surface area contributed by atoms with Crippen molar-refractivity contribution in [3.8, 4) is 0 Å². The van der Waals surface area contributed by atoms with Crippen molar-refractivity contribution in [3.05, 3.63) is 26.6 Å². The average molecular weight is 370 g/mol. The predicted octanol–water partition coefficient (Wildman–Crippen LogP) is 2.19. The number of halogens is 3. The normalized spacial score (nSPS) is 10.8. The number of nitrogens with zero attached hydrogens (tertiary/aromatic N) is 1. The van der Waals surface area contributed by atoms with Crippen LogP contribution in [0, 0.1) is 3.57 Å². The summed E-state index contributed by atoms with van der Waals surface area (Å²) in [7, 11) is 0. The van der Waals surface area contributed by atoms with Gasteiger partial charge in [0.25, 0.3) is 6.43 Å². The summed E-state index contributed by atoms with van der Waals surface area (Å²) in [5, 5.41) is 0. The van der Waals surface area contributed by atoms with Gasteiger partial charge in [-0.2, -0.15) is 0 Å². The van der Waals surface area contributed by atoms with Gasteiger partial charge < -0.3 is 10.5 Å². The van der Waals surface area contributed by atoms with Crippen molar-refractivity contribution < 1.29 is 18.3 Å². The molecular weight excluding hydrogens is 357 g/mol. The number of aromatic nitrogens is 1. The second-order valence-electron chi connectivity index (χ2n) is 3.45. The molecule has 7 heteroatoms. The van der Waals surface area contributed by atoms with Crippen LogP contribution in [0.25, 0.3) is 0 Å². The van der Waals surface area contributed by atoms with E-state index in [9.17, 15) is 13.6 Å². The number of hydrogen-bond donors (Lipinski definition) is 1. The molecule has 1 aromatic heterocycles. The Morgan fingerprint density at radius 1 is 1.61 bits per heavy atom. The number of pyridine rings is 1. The molecule has 0 aliphatic rings. The highest BCUT2D eigenvalue weighted by Crippen LogP contribution is 2.25. The maximum absolute atomic E-state index is 12.7. The molecule has 1 rings (SSSR count). The molecule has 0 aromatic carbocycles. The molecule has 0 atom stereocenters. The second-order valence-corrected chi connectivity index (χ2v) is 4.61. The molecule has 0 amide bonds. The van der Waals surface area contributed by atoms with Crippen molar-refractivity contribution in [1.82, 2.24) is 4.98 Å². The number of rotatable bonds is 5. The highest BCUT2D eigenvalue weighted by molar-refractivity contribution is 14.1. The van der Waals surface area contributed by atoms with Gasteiger partial charge in [-0.1, -0.05) is 0 Å². The SMILES string of the molecule is CCOC(=O)Cc1nc(C(F)F)c(I)cc1CN. The minimum atomic E-state index is -2.68. The van der Waals surface area contributed by atoms with Crippen LogP contribution in [0.15, 0.2) is 6.07 Å². The number of esters is 1. The third-order valence-corrected chi connectivity index (χ3v) is 3.08. The van der Waals surface area contributed by atoms with Crippen LogP contribution in [-0.2, 0) is 22.5 Å². The van der Waals surface area contributed by atoms with E-state index in [1.165, 1.54) is 6.07 Å². The van der Waals surface area contributed by atoms with Crippen LogP contribution in [-0.4, -0.2) is 17.6 Å². The van der Waals surface area contributed by atoms with Crippen molar-refractivity contribution in [2.75, 3.05) is 6.61 Å². The molecule has 2 N–H and O–H groups in total. The lowest BCUT2D eigenvalue weighted by Crippen LogP contribution is -2.14. The van der Waals surface area contributed by atoms with Crippen molar-refractivity contribution in [2.24, 2.45) is 5.73 Å². The number of ether oxygens (including phenoxy) is 1. The van der Waals surface area contributed by atoms with Gasteiger partial charge in [-0.05, 0) is 41.1 Å². The molecule has 1 heterocycles. The molecule has 0 aliphatic carbocycles. The van der Waals surface area contributed by atoms with E-state index < -0.39 is 12.4 Å². The number of alkyl halides is 2. The van der Waals surface area contributed by atoms with E-state index in [1.54, 1.807) is 29.5 Å². The highest BCUT2D eigenvalue weighted by Gasteiger charge is 2.18. The van der Waals surface area contributed by atoms with Crippen LogP contribution in [0.1, 0.15) is 30.3 Å². The van der Waals surface area contributed by atoms with Crippen LogP contribution in [0.3, 0.4) is 0 Å². The zero-order valence-corrected chi connectivity index (χ0v) is 11.9. The van der Waals surface area contributed by atoms with Crippen molar-refractivity contribution in [1.29, 1.82) is 0 Å². The third kappa shape index (κ3) is 3.84. The molecule has 0 radical (unpaired) electrons. The Hall–Kier alpha value is -0.830. The van der Waals surface area contributed by atoms with E-state index in [-0.39, 0.29) is 31.0 Å². The Kier molecular flexibility index (Phi) is 5.86. The molecule has 0 aliphatic heterocycles. The minimum absolute atomic E-state index is 0.140. The van der Waals surface area contributed by atoms with E-state index in [4.69, 9.17) is 10.5 Å². The van der Waals surface area contributed by atoms with E-state index in [2.05, 4.69) is 4.98 Å². The van der Waals surface area contributed by atoms with Crippen molar-refractivity contribution in [3.63, 3.8) is 0 Å². The largest absolute Gasteiger partial charge is 0.466 e. The fourth-order valence-corrected chi connectivity index (χ4v) is 2.14. The molecule has 1 aromatic rings. The molecule has 0 spiro atoms. The molecule has 0 bridgehead atoms. The Morgan fingerprint density at radius 2 is 2.28 bits per heavy atom. The van der Waals surface area contributed by atoms with Gasteiger partial charge in [0, 0.05) is 10.1 Å². The molecule has 0 saturated heterocycles. The molecule has 100 valence electrons. The van der Waals surface area contributed by atoms with E-state index in [0.29, 0.717) is 9.13 Å². The molecule has 0 fully saturated rings. The molecular formula is C11H13F2IN2O2. The number of nitrogens with two attached hydrogens (primary N) is 1. The van der Waals surface area contributed by atoms with Crippen LogP contribution in [0.4, 0.5) is 8.78 Å². The summed E-state index contributed by atoms with van der Waals surface area (Å²) in [6.45, 7) is 2.05. The van der Waals surface area contributed by atoms with E-state index in [0.717, 1.165) is 0 Å². The van der Waals surface area contributed by atoms with Gasteiger partial charge in [0.2, 0.25) is 0 Å². The lowest BCUT2D eigenvalue weighted by molar-refractivity contribution is -0.142. The van der Waals surface area contributed by atoms with Gasteiger partial charge in [0.15, 0.2) is 0 Å². The van der Waals surface area contributed by atoms with Gasteiger partial charge >= 0.3 is 5.97 Å². The van der Waals surface area contributed by atoms with Gasteiger partial charge in [-0.25, -0.2) is 13.8 Å². The van der Waals surface area contributed by atoms with E-state index >= 15 is 0 Å². The van der Waals surface area contributed by atoms with Crippen molar-refractivity contribution >= 4 is 28.6 Å². The monoisotopic (exact) mass is 370 g/mol. The summed E-state index contributed by atoms with van der Waals surface area (Å²) >= 11 is 1.78. The maximum Gasteiger partial charge on any atom is 0.311 e. The topological polar surface area (TPSA) is 65.2 Å². The van der Waals surface area contributed by atoms with Gasteiger partial charge in [0.1, 0.15) is 5.69 Å². The summed E-state index contributed by atoms with van der Waals surface area (Å²) in [6, 6.07) is 1.53. The summed E-state index contributed by atoms with van der Waals surface area (Å²) in [5.74, 6) is -0.499. The quantitative estimate of drug-likeness (QED) is 0.638. The lowest BCUT2D eigenvalue weighted by atomic mass is 10.1. The fraction of sp³-hybridized carbons (Fsp3) is 0.455. The summed E-state index contributed by atoms with van der Waals surface area (Å²) in [6.07, 6.45) is -2.82. The molecule has 18 heavy (non-hydrogen) atoms. The van der Waals surface area contributed by atoms with Crippen LogP contribution in [0.5, 0.6) is 0 Å². The zero-order valence-electron chi connectivity index (χ0n) is 9.75. The zero-order chi connectivity index (χ0) is 13.7. The Bertz CT molecular complexity index is 441. The first-order chi connectivity index (χ1) is 8.49. The summed E-state index contributed by atoms with van der Waals surface area (Å²) in [4.78, 5) is 15.2. The van der Waals surface area contributed by atoms with Crippen LogP contribution >= 0.6 is 22.6 Å². The minimum Gasteiger partial charge on any atom is -0.466 e. The average Bonchev–Trinajstić information content (AvgIpc) is 2.30. The number of hydrogen-bond acceptors (Lipinski definition) is 4. The third-order valence-electron chi connectivity index (χ3n) is 2.22. The van der Waals surface area contributed by atoms with Gasteiger partial charge in [-0.3, -0.25) is 4.79 Å². The summed E-state index contributed by atoms with van der Waals surface area (Å²) < 4.78 is 30.5. The van der Waals surface area contributed by atoms with Crippen LogP contribution in [0.2, 0.25) is 0 Å². The van der Waals surface area contributed by atoms with Crippen molar-refractivity contribution in [2.45, 2.75) is 26.3 Å². The first-order valence-electron chi connectivity index (χ1n) is 5.31. The lowest BCUT2D eigenvalue weighted by Gasteiger charge is -2.11. The Morgan fingerprint density at radius 3 is 2.78 bits per heavy atom. The Labute approximate surface area is 117 Å². The standard InChI is InChI=1S/C11H13F2IN2O2/c1-2-18-9(17)4-8-6(5-15)3-7(14)10(16-8)11(12)13/h3,11H,2,4-5,15H2,1H3. The second kappa shape index (κ2) is 6.93. The fourth-order valence-electron chi connectivity index (χ4n) is 1.41. The molecule has 4 nitrogen and oxygen atoms in total. The van der Waals surface area contributed by atoms with Crippen LogP contribution < -0.4 is 5.73 Å². The predicted molar refractivity (Wildman–Crippen MR) is 70.1 cm³/mol. The molecule has 0 unspecified atom stereocenters. The van der Waals surface area contributed by atoms with Gasteiger partial charge in [-0.15, -0.1) is 0 Å². The number of carbonyl (C=O) groups excluding carboxylic acids is 1. The maximum atomic E-state index is 12.7. The van der Waals surface area contributed by atoms with E-state index in [1.807, 2.05) is 0 Å². The highest BCUT2D eigenvalue weighted by atomic mass is 127.